The van der Waals surface area contributed by atoms with Crippen molar-refractivity contribution in [3.63, 3.8) is 0 Å². The van der Waals surface area contributed by atoms with Gasteiger partial charge >= 0.3 is 6.18 Å². The van der Waals surface area contributed by atoms with Crippen LogP contribution in [0.3, 0.4) is 0 Å². The second-order valence-electron chi connectivity index (χ2n) is 6.85. The molecule has 0 atom stereocenters. The van der Waals surface area contributed by atoms with Gasteiger partial charge in [0.2, 0.25) is 5.91 Å². The van der Waals surface area contributed by atoms with E-state index in [0.717, 1.165) is 22.9 Å². The molecule has 0 aliphatic carbocycles. The number of hydrogen-bond acceptors (Lipinski definition) is 6. The van der Waals surface area contributed by atoms with Crippen LogP contribution in [0.15, 0.2) is 30.6 Å². The van der Waals surface area contributed by atoms with Gasteiger partial charge in [0.25, 0.3) is 11.8 Å². The van der Waals surface area contributed by atoms with E-state index in [0.29, 0.717) is 12.2 Å². The first kappa shape index (κ1) is 22.9. The van der Waals surface area contributed by atoms with E-state index >= 15 is 0 Å². The third kappa shape index (κ3) is 6.14. The van der Waals surface area contributed by atoms with E-state index < -0.39 is 23.6 Å². The summed E-state index contributed by atoms with van der Waals surface area (Å²) in [5.74, 6) is -1.56. The van der Waals surface area contributed by atoms with Crippen molar-refractivity contribution in [2.45, 2.75) is 13.1 Å². The molecule has 13 heteroatoms. The van der Waals surface area contributed by atoms with Gasteiger partial charge in [-0.05, 0) is 30.7 Å². The third-order valence-electron chi connectivity index (χ3n) is 4.29. The molecule has 10 nitrogen and oxygen atoms in total. The zero-order chi connectivity index (χ0) is 23.3. The molecule has 0 spiro atoms. The van der Waals surface area contributed by atoms with Crippen LogP contribution in [0.1, 0.15) is 11.1 Å². The molecule has 1 aliphatic rings. The highest BCUT2D eigenvalue weighted by molar-refractivity contribution is 5.92. The van der Waals surface area contributed by atoms with Crippen molar-refractivity contribution < 1.29 is 32.3 Å². The van der Waals surface area contributed by atoms with Crippen LogP contribution in [0.5, 0.6) is 0 Å². The van der Waals surface area contributed by atoms with Crippen LogP contribution in [0, 0.1) is 6.92 Å². The molecule has 3 amide bonds. The van der Waals surface area contributed by atoms with Gasteiger partial charge in [0.05, 0.1) is 12.2 Å². The number of ether oxygens (including phenoxy) is 1. The first-order valence-corrected chi connectivity index (χ1v) is 9.35. The molecule has 1 saturated heterocycles. The van der Waals surface area contributed by atoms with Crippen LogP contribution in [0.25, 0.3) is 17.6 Å². The van der Waals surface area contributed by atoms with E-state index in [1.165, 1.54) is 30.4 Å². The molecule has 32 heavy (non-hydrogen) atoms. The third-order valence-corrected chi connectivity index (χ3v) is 4.29. The summed E-state index contributed by atoms with van der Waals surface area (Å²) < 4.78 is 45.1. The Morgan fingerprint density at radius 3 is 2.75 bits per heavy atom. The molecule has 1 aliphatic heterocycles. The first-order chi connectivity index (χ1) is 15.1. The minimum Gasteiger partial charge on any atom is -0.370 e. The number of carbonyl (C=O) groups is 3. The molecule has 2 N–H and O–H groups in total. The molecule has 0 saturated carbocycles. The Bertz CT molecular complexity index is 1050. The van der Waals surface area contributed by atoms with Crippen molar-refractivity contribution in [1.82, 2.24) is 30.5 Å². The Morgan fingerprint density at radius 2 is 2.03 bits per heavy atom. The van der Waals surface area contributed by atoms with Gasteiger partial charge in [-0.2, -0.15) is 13.2 Å². The van der Waals surface area contributed by atoms with Crippen molar-refractivity contribution >= 4 is 23.9 Å². The lowest BCUT2D eigenvalue weighted by Gasteiger charge is -2.25. The molecule has 0 bridgehead atoms. The number of amides is 3. The summed E-state index contributed by atoms with van der Waals surface area (Å²) in [4.78, 5) is 40.5. The van der Waals surface area contributed by atoms with Gasteiger partial charge < -0.3 is 9.64 Å². The van der Waals surface area contributed by atoms with Gasteiger partial charge in [-0.15, -0.1) is 5.10 Å². The van der Waals surface area contributed by atoms with Crippen LogP contribution >= 0.6 is 0 Å². The number of benzene rings is 1. The van der Waals surface area contributed by atoms with Crippen LogP contribution in [-0.2, 0) is 25.3 Å². The lowest BCUT2D eigenvalue weighted by molar-refractivity contribution is -0.146. The number of hydrogen-bond donors (Lipinski definition) is 2. The maximum absolute atomic E-state index is 13.0. The van der Waals surface area contributed by atoms with Crippen molar-refractivity contribution in [3.05, 3.63) is 41.7 Å². The summed E-state index contributed by atoms with van der Waals surface area (Å²) in [5, 5.41) is 4.03. The Balaban J connectivity index is 1.55. The van der Waals surface area contributed by atoms with Crippen LogP contribution in [-0.4, -0.2) is 63.7 Å². The minimum atomic E-state index is -4.50. The number of nitrogens with one attached hydrogen (secondary N) is 2. The van der Waals surface area contributed by atoms with Crippen LogP contribution < -0.4 is 10.9 Å². The van der Waals surface area contributed by atoms with Gasteiger partial charge in [-0.1, -0.05) is 0 Å². The SMILES string of the molecule is Cc1cc(-c2ncn(/C=C\C(=O)NNC(=O)CN3CCOCC3=O)n2)cc(C(F)(F)F)c1. The zero-order valence-corrected chi connectivity index (χ0v) is 16.8. The highest BCUT2D eigenvalue weighted by Gasteiger charge is 2.31. The predicted octanol–water partition coefficient (Wildman–Crippen LogP) is 0.749. The smallest absolute Gasteiger partial charge is 0.370 e. The molecular weight excluding hydrogens is 433 g/mol. The van der Waals surface area contributed by atoms with Gasteiger partial charge in [0.1, 0.15) is 19.5 Å². The lowest BCUT2D eigenvalue weighted by Crippen LogP contribution is -2.50. The standard InChI is InChI=1S/C19H19F3N6O4/c1-12-6-13(8-14(7-12)19(20,21)22)18-23-11-28(26-18)3-2-15(29)24-25-16(30)9-27-4-5-32-10-17(27)31/h2-3,6-8,11H,4-5,9-10H2,1H3,(H,24,29)(H,25,30)/b3-2-. The van der Waals surface area contributed by atoms with E-state index in [1.807, 2.05) is 0 Å². The number of carbonyl (C=O) groups excluding carboxylic acids is 3. The van der Waals surface area contributed by atoms with Crippen LogP contribution in [0.4, 0.5) is 13.2 Å². The number of rotatable bonds is 5. The lowest BCUT2D eigenvalue weighted by atomic mass is 10.1. The molecule has 3 rings (SSSR count). The summed E-state index contributed by atoms with van der Waals surface area (Å²) in [5.41, 5.74) is 4.08. The average Bonchev–Trinajstić information content (AvgIpc) is 3.20. The zero-order valence-electron chi connectivity index (χ0n) is 16.8. The maximum atomic E-state index is 13.0. The number of halogens is 3. The Kier molecular flexibility index (Phi) is 6.88. The number of morpholine rings is 1. The quantitative estimate of drug-likeness (QED) is 0.511. The highest BCUT2D eigenvalue weighted by atomic mass is 19.4. The van der Waals surface area contributed by atoms with E-state index in [4.69, 9.17) is 4.74 Å². The van der Waals surface area contributed by atoms with Crippen molar-refractivity contribution in [1.29, 1.82) is 0 Å². The van der Waals surface area contributed by atoms with Crippen molar-refractivity contribution in [2.75, 3.05) is 26.3 Å². The monoisotopic (exact) mass is 452 g/mol. The summed E-state index contributed by atoms with van der Waals surface area (Å²) in [6.07, 6.45) is -1.03. The second kappa shape index (κ2) is 9.60. The summed E-state index contributed by atoms with van der Waals surface area (Å²) in [6.45, 7) is 1.81. The van der Waals surface area contributed by atoms with Gasteiger partial charge in [0.15, 0.2) is 5.82 Å². The molecule has 1 aromatic heterocycles. The van der Waals surface area contributed by atoms with E-state index in [2.05, 4.69) is 20.9 Å². The van der Waals surface area contributed by atoms with E-state index in [9.17, 15) is 27.6 Å². The molecule has 0 unspecified atom stereocenters. The van der Waals surface area contributed by atoms with Crippen molar-refractivity contribution in [3.8, 4) is 11.4 Å². The fraction of sp³-hybridized carbons (Fsp3) is 0.316. The highest BCUT2D eigenvalue weighted by Crippen LogP contribution is 2.32. The number of nitrogens with zero attached hydrogens (tertiary/aromatic N) is 4. The Labute approximate surface area is 180 Å². The second-order valence-corrected chi connectivity index (χ2v) is 6.85. The molecule has 0 radical (unpaired) electrons. The maximum Gasteiger partial charge on any atom is 0.416 e. The van der Waals surface area contributed by atoms with Crippen molar-refractivity contribution in [2.24, 2.45) is 0 Å². The average molecular weight is 452 g/mol. The number of alkyl halides is 3. The molecule has 2 aromatic rings. The number of aryl methyl sites for hydroxylation is 1. The van der Waals surface area contributed by atoms with E-state index in [1.54, 1.807) is 0 Å². The molecular formula is C19H19F3N6O4. The van der Waals surface area contributed by atoms with Gasteiger partial charge in [0, 0.05) is 24.4 Å². The van der Waals surface area contributed by atoms with E-state index in [-0.39, 0.29) is 37.0 Å². The van der Waals surface area contributed by atoms with Crippen LogP contribution in [0.2, 0.25) is 0 Å². The van der Waals surface area contributed by atoms with Gasteiger partial charge in [-0.25, -0.2) is 9.67 Å². The summed E-state index contributed by atoms with van der Waals surface area (Å²) in [7, 11) is 0. The van der Waals surface area contributed by atoms with Gasteiger partial charge in [-0.3, -0.25) is 25.2 Å². The fourth-order valence-corrected chi connectivity index (χ4v) is 2.80. The Morgan fingerprint density at radius 1 is 1.25 bits per heavy atom. The molecule has 170 valence electrons. The molecule has 1 aromatic carbocycles. The predicted molar refractivity (Wildman–Crippen MR) is 104 cm³/mol. The molecule has 2 heterocycles. The summed E-state index contributed by atoms with van der Waals surface area (Å²) >= 11 is 0. The first-order valence-electron chi connectivity index (χ1n) is 9.35. The number of hydrazine groups is 1. The minimum absolute atomic E-state index is 0.0488. The summed E-state index contributed by atoms with van der Waals surface area (Å²) in [6, 6.07) is 3.48. The fourth-order valence-electron chi connectivity index (χ4n) is 2.80. The molecule has 1 fully saturated rings. The normalized spacial score (nSPS) is 14.6. The Hall–Kier alpha value is -3.74. The number of aromatic nitrogens is 3. The topological polar surface area (TPSA) is 118 Å². The largest absolute Gasteiger partial charge is 0.416 e.